The minimum atomic E-state index is -4.54. The fraction of sp³-hybridized carbons (Fsp3) is 0.357. The molecule has 0 amide bonds. The Morgan fingerprint density at radius 2 is 2.00 bits per heavy atom. The first kappa shape index (κ1) is 15.4. The van der Waals surface area contributed by atoms with E-state index >= 15 is 0 Å². The number of alkyl halides is 3. The largest absolute Gasteiger partial charge is 0.451 e. The van der Waals surface area contributed by atoms with Crippen LogP contribution in [-0.2, 0) is 25.8 Å². The van der Waals surface area contributed by atoms with Gasteiger partial charge < -0.3 is 4.57 Å². The number of halogens is 4. The SMILES string of the molecule is N#Cc1ccc(CN2CCn3c(nnc3C(F)(F)F)C2)c(F)c1. The van der Waals surface area contributed by atoms with Crippen molar-refractivity contribution in [2.45, 2.75) is 25.8 Å². The van der Waals surface area contributed by atoms with E-state index in [9.17, 15) is 17.6 Å². The normalized spacial score (nSPS) is 15.3. The Balaban J connectivity index is 1.76. The van der Waals surface area contributed by atoms with Crippen molar-refractivity contribution in [2.24, 2.45) is 0 Å². The predicted octanol–water partition coefficient (Wildman–Crippen LogP) is 2.32. The maximum Gasteiger partial charge on any atom is 0.451 e. The molecule has 0 aliphatic carbocycles. The van der Waals surface area contributed by atoms with Gasteiger partial charge in [0, 0.05) is 25.2 Å². The molecule has 1 aliphatic rings. The van der Waals surface area contributed by atoms with E-state index in [0.29, 0.717) is 12.1 Å². The zero-order valence-corrected chi connectivity index (χ0v) is 11.8. The van der Waals surface area contributed by atoms with Crippen molar-refractivity contribution in [2.75, 3.05) is 6.54 Å². The lowest BCUT2D eigenvalue weighted by Crippen LogP contribution is -2.35. The van der Waals surface area contributed by atoms with Crippen LogP contribution in [0.15, 0.2) is 18.2 Å². The highest BCUT2D eigenvalue weighted by Crippen LogP contribution is 2.29. The topological polar surface area (TPSA) is 57.7 Å². The molecule has 0 spiro atoms. The van der Waals surface area contributed by atoms with E-state index < -0.39 is 17.8 Å². The molecule has 0 saturated heterocycles. The highest BCUT2D eigenvalue weighted by molar-refractivity contribution is 5.32. The summed E-state index contributed by atoms with van der Waals surface area (Å²) in [4.78, 5) is 1.79. The van der Waals surface area contributed by atoms with Gasteiger partial charge in [-0.25, -0.2) is 4.39 Å². The molecule has 0 atom stereocenters. The van der Waals surface area contributed by atoms with Gasteiger partial charge in [-0.2, -0.15) is 18.4 Å². The highest BCUT2D eigenvalue weighted by atomic mass is 19.4. The number of hydrogen-bond acceptors (Lipinski definition) is 4. The summed E-state index contributed by atoms with van der Waals surface area (Å²) in [5.74, 6) is -1.30. The maximum absolute atomic E-state index is 13.9. The van der Waals surface area contributed by atoms with E-state index in [4.69, 9.17) is 5.26 Å². The van der Waals surface area contributed by atoms with Crippen molar-refractivity contribution in [3.8, 4) is 6.07 Å². The van der Waals surface area contributed by atoms with Crippen molar-refractivity contribution in [1.82, 2.24) is 19.7 Å². The molecule has 23 heavy (non-hydrogen) atoms. The van der Waals surface area contributed by atoms with Crippen molar-refractivity contribution in [3.05, 3.63) is 46.8 Å². The molecule has 1 aromatic heterocycles. The van der Waals surface area contributed by atoms with Crippen LogP contribution < -0.4 is 0 Å². The third kappa shape index (κ3) is 3.03. The Labute approximate surface area is 128 Å². The van der Waals surface area contributed by atoms with Crippen LogP contribution in [0.1, 0.15) is 22.8 Å². The van der Waals surface area contributed by atoms with Gasteiger partial charge in [-0.3, -0.25) is 4.90 Å². The van der Waals surface area contributed by atoms with Crippen LogP contribution >= 0.6 is 0 Å². The van der Waals surface area contributed by atoms with Gasteiger partial charge in [0.25, 0.3) is 0 Å². The zero-order chi connectivity index (χ0) is 16.6. The zero-order valence-electron chi connectivity index (χ0n) is 11.8. The molecule has 0 bridgehead atoms. The van der Waals surface area contributed by atoms with Gasteiger partial charge in [0.2, 0.25) is 5.82 Å². The van der Waals surface area contributed by atoms with Crippen LogP contribution in [-0.4, -0.2) is 26.2 Å². The Morgan fingerprint density at radius 1 is 1.22 bits per heavy atom. The third-order valence-electron chi connectivity index (χ3n) is 3.66. The molecule has 0 radical (unpaired) electrons. The number of hydrogen-bond donors (Lipinski definition) is 0. The summed E-state index contributed by atoms with van der Waals surface area (Å²) in [6.07, 6.45) is -4.54. The van der Waals surface area contributed by atoms with Gasteiger partial charge >= 0.3 is 6.18 Å². The minimum Gasteiger partial charge on any atom is -0.305 e. The number of benzene rings is 1. The van der Waals surface area contributed by atoms with Gasteiger partial charge in [-0.05, 0) is 12.1 Å². The number of aromatic nitrogens is 3. The van der Waals surface area contributed by atoms with Gasteiger partial charge in [0.05, 0.1) is 18.2 Å². The second-order valence-corrected chi connectivity index (χ2v) is 5.22. The van der Waals surface area contributed by atoms with E-state index in [1.807, 2.05) is 6.07 Å². The molecule has 0 unspecified atom stereocenters. The first-order valence-electron chi connectivity index (χ1n) is 6.78. The van der Waals surface area contributed by atoms with Crippen LogP contribution in [0.2, 0.25) is 0 Å². The minimum absolute atomic E-state index is 0.0923. The number of fused-ring (bicyclic) bond motifs is 1. The second kappa shape index (κ2) is 5.62. The van der Waals surface area contributed by atoms with Gasteiger partial charge in [-0.15, -0.1) is 10.2 Å². The molecule has 1 aliphatic heterocycles. The van der Waals surface area contributed by atoms with E-state index in [0.717, 1.165) is 10.6 Å². The summed E-state index contributed by atoms with van der Waals surface area (Å²) < 4.78 is 53.2. The van der Waals surface area contributed by atoms with Crippen LogP contribution in [0.5, 0.6) is 0 Å². The Bertz CT molecular complexity index is 774. The second-order valence-electron chi connectivity index (χ2n) is 5.22. The fourth-order valence-corrected chi connectivity index (χ4v) is 2.54. The van der Waals surface area contributed by atoms with E-state index in [1.165, 1.54) is 12.1 Å². The molecule has 2 heterocycles. The molecule has 0 N–H and O–H groups in total. The van der Waals surface area contributed by atoms with Crippen molar-refractivity contribution >= 4 is 0 Å². The summed E-state index contributed by atoms with van der Waals surface area (Å²) in [7, 11) is 0. The molecular formula is C14H11F4N5. The summed E-state index contributed by atoms with van der Waals surface area (Å²) in [5.41, 5.74) is 0.604. The third-order valence-corrected chi connectivity index (χ3v) is 3.66. The average molecular weight is 325 g/mol. The molecule has 120 valence electrons. The summed E-state index contributed by atoms with van der Waals surface area (Å²) in [6, 6.07) is 6.00. The summed E-state index contributed by atoms with van der Waals surface area (Å²) in [6.45, 7) is 0.802. The lowest BCUT2D eigenvalue weighted by Gasteiger charge is -2.28. The first-order chi connectivity index (χ1) is 10.9. The van der Waals surface area contributed by atoms with Crippen LogP contribution in [0, 0.1) is 17.1 Å². The van der Waals surface area contributed by atoms with Crippen molar-refractivity contribution in [3.63, 3.8) is 0 Å². The fourth-order valence-electron chi connectivity index (χ4n) is 2.54. The average Bonchev–Trinajstić information content (AvgIpc) is 2.92. The lowest BCUT2D eigenvalue weighted by molar-refractivity contribution is -0.148. The van der Waals surface area contributed by atoms with Crippen molar-refractivity contribution in [1.29, 1.82) is 5.26 Å². The molecule has 1 aromatic carbocycles. The molecule has 5 nitrogen and oxygen atoms in total. The molecule has 3 rings (SSSR count). The Morgan fingerprint density at radius 3 is 2.65 bits per heavy atom. The number of nitrogens with zero attached hydrogens (tertiary/aromatic N) is 5. The molecule has 9 heteroatoms. The van der Waals surface area contributed by atoms with Gasteiger partial charge in [0.15, 0.2) is 0 Å². The number of rotatable bonds is 2. The Hall–Kier alpha value is -2.47. The predicted molar refractivity (Wildman–Crippen MR) is 70.3 cm³/mol. The lowest BCUT2D eigenvalue weighted by atomic mass is 10.1. The van der Waals surface area contributed by atoms with E-state index in [1.54, 1.807) is 4.90 Å². The quantitative estimate of drug-likeness (QED) is 0.795. The van der Waals surface area contributed by atoms with Crippen molar-refractivity contribution < 1.29 is 17.6 Å². The standard InChI is InChI=1S/C14H11F4N5/c15-11-5-9(6-19)1-2-10(11)7-22-3-4-23-12(8-22)20-21-13(23)14(16,17)18/h1-2,5H,3-4,7-8H2. The molecule has 0 fully saturated rings. The van der Waals surface area contributed by atoms with Crippen LogP contribution in [0.4, 0.5) is 17.6 Å². The van der Waals surface area contributed by atoms with E-state index in [-0.39, 0.29) is 31.0 Å². The summed E-state index contributed by atoms with van der Waals surface area (Å²) >= 11 is 0. The Kier molecular flexibility index (Phi) is 3.77. The van der Waals surface area contributed by atoms with E-state index in [2.05, 4.69) is 10.2 Å². The highest BCUT2D eigenvalue weighted by Gasteiger charge is 2.39. The monoisotopic (exact) mass is 325 g/mol. The first-order valence-corrected chi connectivity index (χ1v) is 6.78. The molecule has 0 saturated carbocycles. The number of nitriles is 1. The van der Waals surface area contributed by atoms with Gasteiger partial charge in [-0.1, -0.05) is 6.07 Å². The molecular weight excluding hydrogens is 314 g/mol. The van der Waals surface area contributed by atoms with Gasteiger partial charge in [0.1, 0.15) is 11.6 Å². The van der Waals surface area contributed by atoms with Crippen LogP contribution in [0.3, 0.4) is 0 Å². The van der Waals surface area contributed by atoms with Crippen LogP contribution in [0.25, 0.3) is 0 Å². The molecule has 2 aromatic rings. The maximum atomic E-state index is 13.9. The summed E-state index contributed by atoms with van der Waals surface area (Å²) in [5, 5.41) is 15.5. The smallest absolute Gasteiger partial charge is 0.305 e.